The van der Waals surface area contributed by atoms with Crippen LogP contribution in [0, 0.1) is 5.92 Å². The van der Waals surface area contributed by atoms with E-state index in [4.69, 9.17) is 0 Å². The Morgan fingerprint density at radius 1 is 1.40 bits per heavy atom. The van der Waals surface area contributed by atoms with E-state index >= 15 is 0 Å². The molecule has 2 nitrogen and oxygen atoms in total. The van der Waals surface area contributed by atoms with Crippen LogP contribution >= 0.6 is 27.3 Å². The Morgan fingerprint density at radius 3 is 2.73 bits per heavy atom. The molecular formula is C11H14BrNOS. The summed E-state index contributed by atoms with van der Waals surface area (Å²) in [6.07, 6.45) is 3.66. The van der Waals surface area contributed by atoms with Gasteiger partial charge >= 0.3 is 0 Å². The Kier molecular flexibility index (Phi) is 3.81. The summed E-state index contributed by atoms with van der Waals surface area (Å²) in [7, 11) is 0. The molecule has 0 radical (unpaired) electrons. The van der Waals surface area contributed by atoms with Crippen LogP contribution in [0.25, 0.3) is 0 Å². The maximum absolute atomic E-state index is 11.1. The fraction of sp³-hybridized carbons (Fsp3) is 0.545. The number of hydrogen-bond donors (Lipinski definition) is 1. The third kappa shape index (κ3) is 3.31. The van der Waals surface area contributed by atoms with E-state index in [2.05, 4.69) is 33.4 Å². The van der Waals surface area contributed by atoms with Crippen molar-refractivity contribution in [2.75, 3.05) is 11.9 Å². The van der Waals surface area contributed by atoms with Crippen LogP contribution in [0.3, 0.4) is 0 Å². The minimum Gasteiger partial charge on any atom is -0.377 e. The minimum absolute atomic E-state index is 0.435. The number of hydrogen-bond acceptors (Lipinski definition) is 3. The van der Waals surface area contributed by atoms with Crippen LogP contribution in [-0.2, 0) is 4.79 Å². The number of Topliss-reactive ketones (excluding diaryl/α,β-unsaturated/α-hetero) is 1. The Balaban J connectivity index is 1.76. The van der Waals surface area contributed by atoms with Crippen LogP contribution in [0.2, 0.25) is 0 Å². The van der Waals surface area contributed by atoms with E-state index in [0.29, 0.717) is 11.7 Å². The Morgan fingerprint density at radius 2 is 2.13 bits per heavy atom. The molecule has 0 aromatic carbocycles. The van der Waals surface area contributed by atoms with Gasteiger partial charge in [0, 0.05) is 19.4 Å². The van der Waals surface area contributed by atoms with E-state index in [0.717, 1.165) is 36.0 Å². The molecule has 0 amide bonds. The van der Waals surface area contributed by atoms with Gasteiger partial charge < -0.3 is 5.32 Å². The molecule has 1 aromatic heterocycles. The molecule has 0 unspecified atom stereocenters. The van der Waals surface area contributed by atoms with Crippen molar-refractivity contribution in [2.45, 2.75) is 25.7 Å². The van der Waals surface area contributed by atoms with Gasteiger partial charge in [0.2, 0.25) is 0 Å². The molecular weight excluding hydrogens is 274 g/mol. The van der Waals surface area contributed by atoms with Crippen molar-refractivity contribution >= 4 is 38.1 Å². The maximum Gasteiger partial charge on any atom is 0.132 e. The van der Waals surface area contributed by atoms with Gasteiger partial charge in [-0.15, -0.1) is 11.3 Å². The number of carbonyl (C=O) groups is 1. The van der Waals surface area contributed by atoms with E-state index in [1.54, 1.807) is 11.3 Å². The lowest BCUT2D eigenvalue weighted by molar-refractivity contribution is -0.120. The molecule has 0 aliphatic heterocycles. The van der Waals surface area contributed by atoms with Gasteiger partial charge in [-0.3, -0.25) is 4.79 Å². The van der Waals surface area contributed by atoms with Crippen molar-refractivity contribution in [3.63, 3.8) is 0 Å². The molecule has 1 aliphatic carbocycles. The van der Waals surface area contributed by atoms with E-state index in [1.807, 2.05) is 0 Å². The highest BCUT2D eigenvalue weighted by molar-refractivity contribution is 9.11. The Labute approximate surface area is 102 Å². The lowest BCUT2D eigenvalue weighted by Gasteiger charge is -2.21. The molecule has 0 atom stereocenters. The first-order chi connectivity index (χ1) is 7.24. The SMILES string of the molecule is O=C1CCC(CNc2ccc(Br)s2)CC1. The first-order valence-electron chi connectivity index (χ1n) is 5.25. The standard InChI is InChI=1S/C11H14BrNOS/c12-10-5-6-11(15-10)13-7-8-1-3-9(14)4-2-8/h5-6,8,13H,1-4,7H2. The second kappa shape index (κ2) is 5.12. The zero-order valence-corrected chi connectivity index (χ0v) is 10.9. The van der Waals surface area contributed by atoms with Gasteiger partial charge in [0.15, 0.2) is 0 Å². The van der Waals surface area contributed by atoms with Gasteiger partial charge in [0.25, 0.3) is 0 Å². The number of rotatable bonds is 3. The quantitative estimate of drug-likeness (QED) is 0.919. The number of carbonyl (C=O) groups excluding carboxylic acids is 1. The Bertz CT molecular complexity index is 340. The van der Waals surface area contributed by atoms with Crippen molar-refractivity contribution in [2.24, 2.45) is 5.92 Å². The molecule has 1 aliphatic rings. The van der Waals surface area contributed by atoms with Crippen molar-refractivity contribution < 1.29 is 4.79 Å². The molecule has 4 heteroatoms. The smallest absolute Gasteiger partial charge is 0.132 e. The van der Waals surface area contributed by atoms with Crippen LogP contribution < -0.4 is 5.32 Å². The summed E-state index contributed by atoms with van der Waals surface area (Å²) < 4.78 is 1.16. The van der Waals surface area contributed by atoms with Crippen molar-refractivity contribution in [1.29, 1.82) is 0 Å². The molecule has 0 saturated heterocycles. The molecule has 1 aromatic rings. The highest BCUT2D eigenvalue weighted by Crippen LogP contribution is 2.28. The topological polar surface area (TPSA) is 29.1 Å². The molecule has 0 spiro atoms. The molecule has 1 heterocycles. The van der Waals surface area contributed by atoms with Gasteiger partial charge in [-0.05, 0) is 46.8 Å². The fourth-order valence-electron chi connectivity index (χ4n) is 1.86. The first-order valence-corrected chi connectivity index (χ1v) is 6.86. The third-order valence-electron chi connectivity index (χ3n) is 2.80. The van der Waals surface area contributed by atoms with Gasteiger partial charge in [-0.2, -0.15) is 0 Å². The number of thiophene rings is 1. The largest absolute Gasteiger partial charge is 0.377 e. The van der Waals surface area contributed by atoms with E-state index in [-0.39, 0.29) is 0 Å². The number of anilines is 1. The second-order valence-electron chi connectivity index (χ2n) is 3.97. The highest BCUT2D eigenvalue weighted by atomic mass is 79.9. The predicted octanol–water partition coefficient (Wildman–Crippen LogP) is 3.68. The minimum atomic E-state index is 0.435. The highest BCUT2D eigenvalue weighted by Gasteiger charge is 2.18. The van der Waals surface area contributed by atoms with Gasteiger partial charge in [0.05, 0.1) is 8.79 Å². The predicted molar refractivity (Wildman–Crippen MR) is 67.5 cm³/mol. The van der Waals surface area contributed by atoms with Crippen molar-refractivity contribution in [1.82, 2.24) is 0 Å². The third-order valence-corrected chi connectivity index (χ3v) is 4.38. The van der Waals surface area contributed by atoms with Crippen LogP contribution in [0.5, 0.6) is 0 Å². The normalized spacial score (nSPS) is 18.1. The van der Waals surface area contributed by atoms with E-state index in [9.17, 15) is 4.79 Å². The summed E-state index contributed by atoms with van der Waals surface area (Å²) in [5, 5.41) is 4.63. The average Bonchev–Trinajstić information content (AvgIpc) is 2.64. The molecule has 15 heavy (non-hydrogen) atoms. The molecule has 2 rings (SSSR count). The number of nitrogens with one attached hydrogen (secondary N) is 1. The van der Waals surface area contributed by atoms with Crippen LogP contribution in [0.1, 0.15) is 25.7 Å². The van der Waals surface area contributed by atoms with Crippen LogP contribution in [-0.4, -0.2) is 12.3 Å². The molecule has 1 fully saturated rings. The van der Waals surface area contributed by atoms with Crippen LogP contribution in [0.4, 0.5) is 5.00 Å². The van der Waals surface area contributed by atoms with Gasteiger partial charge in [-0.1, -0.05) is 0 Å². The van der Waals surface area contributed by atoms with Gasteiger partial charge in [-0.25, -0.2) is 0 Å². The second-order valence-corrected chi connectivity index (χ2v) is 6.43. The molecule has 82 valence electrons. The molecule has 0 bridgehead atoms. The number of halogens is 1. The fourth-order valence-corrected chi connectivity index (χ4v) is 3.15. The molecule has 1 saturated carbocycles. The summed E-state index contributed by atoms with van der Waals surface area (Å²) in [4.78, 5) is 11.1. The summed E-state index contributed by atoms with van der Waals surface area (Å²) >= 11 is 5.16. The monoisotopic (exact) mass is 287 g/mol. The lowest BCUT2D eigenvalue weighted by Crippen LogP contribution is -2.20. The molecule has 1 N–H and O–H groups in total. The first kappa shape index (κ1) is 11.1. The summed E-state index contributed by atoms with van der Waals surface area (Å²) in [6, 6.07) is 4.14. The zero-order chi connectivity index (χ0) is 10.7. The average molecular weight is 288 g/mol. The van der Waals surface area contributed by atoms with Crippen molar-refractivity contribution in [3.05, 3.63) is 15.9 Å². The summed E-state index contributed by atoms with van der Waals surface area (Å²) in [5.41, 5.74) is 0. The number of ketones is 1. The lowest BCUT2D eigenvalue weighted by atomic mass is 9.88. The van der Waals surface area contributed by atoms with E-state index < -0.39 is 0 Å². The van der Waals surface area contributed by atoms with Crippen LogP contribution in [0.15, 0.2) is 15.9 Å². The summed E-state index contributed by atoms with van der Waals surface area (Å²) in [5.74, 6) is 1.11. The Hall–Kier alpha value is -0.350. The summed E-state index contributed by atoms with van der Waals surface area (Å²) in [6.45, 7) is 1.00. The van der Waals surface area contributed by atoms with E-state index in [1.165, 1.54) is 5.00 Å². The maximum atomic E-state index is 11.1. The zero-order valence-electron chi connectivity index (χ0n) is 8.46. The van der Waals surface area contributed by atoms with Crippen molar-refractivity contribution in [3.8, 4) is 0 Å². The van der Waals surface area contributed by atoms with Gasteiger partial charge in [0.1, 0.15) is 5.78 Å².